The first-order valence-corrected chi connectivity index (χ1v) is 7.02. The second-order valence-corrected chi connectivity index (χ2v) is 5.33. The molecule has 0 aliphatic heterocycles. The molecule has 0 radical (unpaired) electrons. The predicted octanol–water partition coefficient (Wildman–Crippen LogP) is 2.34. The highest BCUT2D eigenvalue weighted by Crippen LogP contribution is 2.27. The maximum Gasteiger partial charge on any atom is 0.328 e. The molecule has 1 aromatic carbocycles. The average molecular weight is 310 g/mol. The zero-order valence-electron chi connectivity index (χ0n) is 11.3. The first-order valence-electron chi connectivity index (χ1n) is 6.64. The molecule has 0 atom stereocenters. The van der Waals surface area contributed by atoms with Gasteiger partial charge in [0, 0.05) is 23.2 Å². The maximum absolute atomic E-state index is 11.6. The van der Waals surface area contributed by atoms with Gasteiger partial charge in [-0.05, 0) is 43.0 Å². The summed E-state index contributed by atoms with van der Waals surface area (Å²) in [7, 11) is 0. The summed E-state index contributed by atoms with van der Waals surface area (Å²) in [6, 6.07) is 4.81. The van der Waals surface area contributed by atoms with E-state index in [2.05, 4.69) is 5.32 Å². The second kappa shape index (κ2) is 7.13. The van der Waals surface area contributed by atoms with Crippen molar-refractivity contribution in [3.05, 3.63) is 34.9 Å². The van der Waals surface area contributed by atoms with Crippen LogP contribution in [0.4, 0.5) is 0 Å². The quantitative estimate of drug-likeness (QED) is 0.758. The van der Waals surface area contributed by atoms with E-state index in [1.54, 1.807) is 18.2 Å². The number of aliphatic carboxylic acids is 1. The number of benzene rings is 1. The largest absolute Gasteiger partial charge is 0.483 e. The molecule has 1 aromatic rings. The molecule has 1 aliphatic rings. The van der Waals surface area contributed by atoms with Crippen LogP contribution in [0.15, 0.2) is 24.3 Å². The molecule has 1 amide bonds. The lowest BCUT2D eigenvalue weighted by molar-refractivity contribution is -0.131. The number of hydrogen-bond donors (Lipinski definition) is 2. The Kier molecular flexibility index (Phi) is 5.22. The highest BCUT2D eigenvalue weighted by Gasteiger charge is 2.21. The van der Waals surface area contributed by atoms with Gasteiger partial charge in [-0.25, -0.2) is 4.79 Å². The molecule has 112 valence electrons. The van der Waals surface area contributed by atoms with Gasteiger partial charge in [0.25, 0.3) is 5.91 Å². The van der Waals surface area contributed by atoms with Crippen molar-refractivity contribution in [2.45, 2.75) is 12.8 Å². The third-order valence-electron chi connectivity index (χ3n) is 3.02. The van der Waals surface area contributed by atoms with Gasteiger partial charge in [-0.15, -0.1) is 0 Å². The normalized spacial score (nSPS) is 14.1. The molecular weight excluding hydrogens is 294 g/mol. The lowest BCUT2D eigenvalue weighted by Gasteiger charge is -2.10. The lowest BCUT2D eigenvalue weighted by Crippen LogP contribution is -2.30. The van der Waals surface area contributed by atoms with Gasteiger partial charge in [0.2, 0.25) is 0 Å². The molecule has 0 aromatic heterocycles. The van der Waals surface area contributed by atoms with E-state index in [0.29, 0.717) is 28.8 Å². The Morgan fingerprint density at radius 3 is 2.86 bits per heavy atom. The van der Waals surface area contributed by atoms with Crippen molar-refractivity contribution >= 4 is 29.6 Å². The maximum atomic E-state index is 11.6. The summed E-state index contributed by atoms with van der Waals surface area (Å²) in [5, 5.41) is 11.9. The number of ether oxygens (including phenoxy) is 1. The number of amides is 1. The third kappa shape index (κ3) is 5.47. The molecule has 0 heterocycles. The number of rotatable bonds is 7. The van der Waals surface area contributed by atoms with Crippen LogP contribution in [0.3, 0.4) is 0 Å². The summed E-state index contributed by atoms with van der Waals surface area (Å²) in [5.74, 6) is -0.231. The molecule has 1 fully saturated rings. The molecule has 6 heteroatoms. The number of halogens is 1. The fraction of sp³-hybridized carbons (Fsp3) is 0.333. The molecular formula is C15H16ClNO4. The van der Waals surface area contributed by atoms with Crippen LogP contribution < -0.4 is 10.1 Å². The Hall–Kier alpha value is -2.01. The fourth-order valence-corrected chi connectivity index (χ4v) is 1.90. The van der Waals surface area contributed by atoms with Crippen LogP contribution in [-0.2, 0) is 9.59 Å². The fourth-order valence-electron chi connectivity index (χ4n) is 1.72. The van der Waals surface area contributed by atoms with Crippen LogP contribution in [0.25, 0.3) is 6.08 Å². The lowest BCUT2D eigenvalue weighted by atomic mass is 10.2. The molecule has 2 rings (SSSR count). The van der Waals surface area contributed by atoms with Crippen LogP contribution in [-0.4, -0.2) is 30.1 Å². The van der Waals surface area contributed by atoms with Crippen molar-refractivity contribution in [3.63, 3.8) is 0 Å². The van der Waals surface area contributed by atoms with Gasteiger partial charge < -0.3 is 15.2 Å². The molecule has 0 saturated heterocycles. The Balaban J connectivity index is 1.94. The summed E-state index contributed by atoms with van der Waals surface area (Å²) in [5.41, 5.74) is 0.514. The Morgan fingerprint density at radius 2 is 2.19 bits per heavy atom. The summed E-state index contributed by atoms with van der Waals surface area (Å²) >= 11 is 5.87. The van der Waals surface area contributed by atoms with Crippen LogP contribution in [0, 0.1) is 5.92 Å². The van der Waals surface area contributed by atoms with Crippen LogP contribution in [0.2, 0.25) is 5.02 Å². The zero-order valence-corrected chi connectivity index (χ0v) is 12.1. The number of carbonyl (C=O) groups is 2. The van der Waals surface area contributed by atoms with Crippen molar-refractivity contribution in [2.75, 3.05) is 13.2 Å². The monoisotopic (exact) mass is 309 g/mol. The van der Waals surface area contributed by atoms with Crippen molar-refractivity contribution in [1.82, 2.24) is 5.32 Å². The van der Waals surface area contributed by atoms with Gasteiger partial charge in [0.1, 0.15) is 5.75 Å². The highest BCUT2D eigenvalue weighted by molar-refractivity contribution is 6.30. The first-order chi connectivity index (χ1) is 10.0. The second-order valence-electron chi connectivity index (χ2n) is 4.89. The van der Waals surface area contributed by atoms with E-state index >= 15 is 0 Å². The van der Waals surface area contributed by atoms with Gasteiger partial charge in [0.15, 0.2) is 6.61 Å². The molecule has 5 nitrogen and oxygen atoms in total. The predicted molar refractivity (Wildman–Crippen MR) is 79.4 cm³/mol. The zero-order chi connectivity index (χ0) is 15.2. The van der Waals surface area contributed by atoms with E-state index < -0.39 is 5.97 Å². The number of carboxylic acids is 1. The molecule has 0 unspecified atom stereocenters. The number of hydrogen-bond acceptors (Lipinski definition) is 3. The van der Waals surface area contributed by atoms with Gasteiger partial charge in [-0.3, -0.25) is 4.79 Å². The molecule has 1 aliphatic carbocycles. The minimum Gasteiger partial charge on any atom is -0.483 e. The molecule has 0 bridgehead atoms. The number of carbonyl (C=O) groups excluding carboxylic acids is 1. The summed E-state index contributed by atoms with van der Waals surface area (Å²) in [4.78, 5) is 22.2. The van der Waals surface area contributed by atoms with E-state index in [1.807, 2.05) is 0 Å². The Morgan fingerprint density at radius 1 is 1.43 bits per heavy atom. The van der Waals surface area contributed by atoms with E-state index in [-0.39, 0.29) is 12.5 Å². The highest BCUT2D eigenvalue weighted by atomic mass is 35.5. The van der Waals surface area contributed by atoms with Crippen molar-refractivity contribution in [2.24, 2.45) is 5.92 Å². The first kappa shape index (κ1) is 15.4. The van der Waals surface area contributed by atoms with Crippen LogP contribution in [0.1, 0.15) is 18.4 Å². The third-order valence-corrected chi connectivity index (χ3v) is 3.26. The average Bonchev–Trinajstić information content (AvgIpc) is 3.26. The van der Waals surface area contributed by atoms with Crippen LogP contribution in [0.5, 0.6) is 5.75 Å². The van der Waals surface area contributed by atoms with Gasteiger partial charge >= 0.3 is 5.97 Å². The van der Waals surface area contributed by atoms with Gasteiger partial charge in [-0.2, -0.15) is 0 Å². The molecule has 21 heavy (non-hydrogen) atoms. The van der Waals surface area contributed by atoms with E-state index in [9.17, 15) is 9.59 Å². The topological polar surface area (TPSA) is 75.6 Å². The summed E-state index contributed by atoms with van der Waals surface area (Å²) < 4.78 is 5.42. The minimum atomic E-state index is -1.07. The smallest absolute Gasteiger partial charge is 0.328 e. The van der Waals surface area contributed by atoms with E-state index in [0.717, 1.165) is 6.08 Å². The van der Waals surface area contributed by atoms with Crippen molar-refractivity contribution in [1.29, 1.82) is 0 Å². The Labute approximate surface area is 127 Å². The van der Waals surface area contributed by atoms with Crippen molar-refractivity contribution in [3.8, 4) is 5.75 Å². The van der Waals surface area contributed by atoms with Crippen molar-refractivity contribution < 1.29 is 19.4 Å². The Bertz CT molecular complexity index is 567. The van der Waals surface area contributed by atoms with Gasteiger partial charge in [0.05, 0.1) is 0 Å². The summed E-state index contributed by atoms with van der Waals surface area (Å²) in [6.07, 6.45) is 4.71. The van der Waals surface area contributed by atoms with E-state index in [1.165, 1.54) is 18.9 Å². The standard InChI is InChI=1S/C15H16ClNO4/c16-12-4-5-13(11(7-12)3-6-15(19)20)21-9-14(18)17-8-10-1-2-10/h3-7,10H,1-2,8-9H2,(H,17,18)(H,19,20)/b6-3+. The number of carboxylic acid groups (broad SMARTS) is 1. The molecule has 1 saturated carbocycles. The van der Waals surface area contributed by atoms with Gasteiger partial charge in [-0.1, -0.05) is 11.6 Å². The molecule has 0 spiro atoms. The number of nitrogens with one attached hydrogen (secondary N) is 1. The van der Waals surface area contributed by atoms with E-state index in [4.69, 9.17) is 21.4 Å². The SMILES string of the molecule is O=C(O)/C=C/c1cc(Cl)ccc1OCC(=O)NCC1CC1. The van der Waals surface area contributed by atoms with Crippen LogP contribution >= 0.6 is 11.6 Å². The molecule has 2 N–H and O–H groups in total. The minimum absolute atomic E-state index is 0.109. The summed E-state index contributed by atoms with van der Waals surface area (Å²) in [6.45, 7) is 0.580.